The highest BCUT2D eigenvalue weighted by Crippen LogP contribution is 2.38. The van der Waals surface area contributed by atoms with Crippen LogP contribution in [0.15, 0.2) is 18.2 Å². The molecule has 1 aromatic carbocycles. The first-order chi connectivity index (χ1) is 12.6. The number of rotatable bonds is 5. The highest BCUT2D eigenvalue weighted by Gasteiger charge is 2.53. The van der Waals surface area contributed by atoms with E-state index in [9.17, 15) is 22.8 Å². The second kappa shape index (κ2) is 7.93. The predicted octanol–water partition coefficient (Wildman–Crippen LogP) is 2.67. The maximum Gasteiger partial charge on any atom is 0.394 e. The zero-order chi connectivity index (χ0) is 20.4. The van der Waals surface area contributed by atoms with Gasteiger partial charge in [-0.1, -0.05) is 0 Å². The Labute approximate surface area is 154 Å². The van der Waals surface area contributed by atoms with Crippen molar-refractivity contribution in [3.8, 4) is 11.5 Å². The van der Waals surface area contributed by atoms with Crippen LogP contribution in [0.5, 0.6) is 11.5 Å². The lowest BCUT2D eigenvalue weighted by Crippen LogP contribution is -2.40. The summed E-state index contributed by atoms with van der Waals surface area (Å²) in [6, 6.07) is 3.59. The lowest BCUT2D eigenvalue weighted by Gasteiger charge is -2.23. The summed E-state index contributed by atoms with van der Waals surface area (Å²) in [4.78, 5) is 24.4. The number of ether oxygens (including phenoxy) is 2. The van der Waals surface area contributed by atoms with E-state index >= 15 is 0 Å². The van der Waals surface area contributed by atoms with Gasteiger partial charge in [0.15, 0.2) is 0 Å². The minimum atomic E-state index is -4.69. The summed E-state index contributed by atoms with van der Waals surface area (Å²) >= 11 is 0. The maximum atomic E-state index is 13.1. The molecule has 1 heterocycles. The summed E-state index contributed by atoms with van der Waals surface area (Å²) in [5.41, 5.74) is 0.576. The third kappa shape index (κ3) is 4.55. The highest BCUT2D eigenvalue weighted by atomic mass is 19.4. The van der Waals surface area contributed by atoms with Crippen LogP contribution < -0.4 is 14.8 Å². The zero-order valence-electron chi connectivity index (χ0n) is 15.0. The molecule has 0 radical (unpaired) electrons. The number of alkyl halides is 3. The van der Waals surface area contributed by atoms with Crippen LogP contribution in [0.1, 0.15) is 18.5 Å². The molecule has 2 rings (SSSR count). The Hall–Kier alpha value is -2.65. The highest BCUT2D eigenvalue weighted by molar-refractivity contribution is 5.78. The number of carbonyl (C=O) groups excluding carboxylic acids is 1. The minimum absolute atomic E-state index is 0.474. The molecule has 1 aliphatic rings. The summed E-state index contributed by atoms with van der Waals surface area (Å²) in [5, 5.41) is 11.6. The van der Waals surface area contributed by atoms with Gasteiger partial charge in [-0.05, 0) is 25.1 Å². The fourth-order valence-corrected chi connectivity index (χ4v) is 3.08. The van der Waals surface area contributed by atoms with Crippen LogP contribution in [-0.2, 0) is 4.79 Å². The molecule has 7 nitrogen and oxygen atoms in total. The van der Waals surface area contributed by atoms with Crippen molar-refractivity contribution in [3.63, 3.8) is 0 Å². The Morgan fingerprint density at radius 3 is 2.41 bits per heavy atom. The van der Waals surface area contributed by atoms with Gasteiger partial charge in [0.25, 0.3) is 0 Å². The molecule has 0 aromatic heterocycles. The molecule has 0 saturated carbocycles. The summed E-state index contributed by atoms with van der Waals surface area (Å²) in [6.07, 6.45) is -4.69. The van der Waals surface area contributed by atoms with Crippen LogP contribution >= 0.6 is 0 Å². The maximum absolute atomic E-state index is 13.1. The Balaban J connectivity index is 2.14. The molecule has 1 fully saturated rings. The number of amides is 2. The topological polar surface area (TPSA) is 88.1 Å². The number of nitrogens with one attached hydrogen (secondary N) is 1. The van der Waals surface area contributed by atoms with E-state index in [1.807, 2.05) is 0 Å². The number of carboxylic acid groups (broad SMARTS) is 1. The van der Waals surface area contributed by atoms with Gasteiger partial charge in [0.2, 0.25) is 0 Å². The van der Waals surface area contributed by atoms with Crippen molar-refractivity contribution in [1.29, 1.82) is 0 Å². The van der Waals surface area contributed by atoms with Gasteiger partial charge in [-0.25, -0.2) is 4.79 Å². The van der Waals surface area contributed by atoms with Crippen molar-refractivity contribution in [2.75, 3.05) is 27.3 Å². The second-order valence-corrected chi connectivity index (χ2v) is 6.28. The van der Waals surface area contributed by atoms with E-state index in [1.165, 1.54) is 14.2 Å². The fraction of sp³-hybridized carbons (Fsp3) is 0.529. The van der Waals surface area contributed by atoms with Gasteiger partial charge in [0, 0.05) is 18.7 Å². The molecule has 2 N–H and O–H groups in total. The number of nitrogens with zero attached hydrogens (tertiary/aromatic N) is 1. The zero-order valence-corrected chi connectivity index (χ0v) is 15.0. The number of carboxylic acids is 1. The summed E-state index contributed by atoms with van der Waals surface area (Å²) in [6.45, 7) is 0.433. The normalized spacial score (nSPS) is 20.9. The van der Waals surface area contributed by atoms with Crippen molar-refractivity contribution >= 4 is 12.0 Å². The number of hydrogen-bond acceptors (Lipinski definition) is 4. The van der Waals surface area contributed by atoms with E-state index in [4.69, 9.17) is 14.6 Å². The van der Waals surface area contributed by atoms with Crippen molar-refractivity contribution in [2.24, 2.45) is 11.8 Å². The molecule has 2 amide bonds. The molecule has 0 bridgehead atoms. The number of carbonyl (C=O) groups is 2. The van der Waals surface area contributed by atoms with Gasteiger partial charge in [-0.2, -0.15) is 13.2 Å². The van der Waals surface area contributed by atoms with Gasteiger partial charge in [-0.3, -0.25) is 4.79 Å². The number of hydrogen-bond donors (Lipinski definition) is 2. The molecule has 27 heavy (non-hydrogen) atoms. The first-order valence-corrected chi connectivity index (χ1v) is 8.15. The molecule has 1 unspecified atom stereocenters. The molecular weight excluding hydrogens is 369 g/mol. The summed E-state index contributed by atoms with van der Waals surface area (Å²) < 4.78 is 49.6. The average Bonchev–Trinajstić information content (AvgIpc) is 3.07. The second-order valence-electron chi connectivity index (χ2n) is 6.28. The van der Waals surface area contributed by atoms with Crippen LogP contribution in [0, 0.1) is 11.8 Å². The number of likely N-dealkylation sites (tertiary alicyclic amines) is 1. The number of aliphatic carboxylic acids is 1. The smallest absolute Gasteiger partial charge is 0.394 e. The summed E-state index contributed by atoms with van der Waals surface area (Å²) in [5.74, 6) is -4.35. The molecule has 0 aliphatic carbocycles. The first kappa shape index (κ1) is 20.7. The van der Waals surface area contributed by atoms with E-state index < -0.39 is 49.1 Å². The largest absolute Gasteiger partial charge is 0.497 e. The van der Waals surface area contributed by atoms with E-state index in [-0.39, 0.29) is 0 Å². The molecule has 1 aromatic rings. The Bertz CT molecular complexity index is 710. The molecule has 0 spiro atoms. The molecule has 1 saturated heterocycles. The van der Waals surface area contributed by atoms with E-state index in [0.29, 0.717) is 17.1 Å². The number of benzene rings is 1. The number of methoxy groups -OCH3 is 2. The van der Waals surface area contributed by atoms with Crippen molar-refractivity contribution in [2.45, 2.75) is 19.1 Å². The van der Waals surface area contributed by atoms with E-state index in [2.05, 4.69) is 5.32 Å². The Kier molecular flexibility index (Phi) is 6.07. The fourth-order valence-electron chi connectivity index (χ4n) is 3.08. The van der Waals surface area contributed by atoms with E-state index in [0.717, 1.165) is 4.90 Å². The number of urea groups is 1. The first-order valence-electron chi connectivity index (χ1n) is 8.15. The molecule has 1 aliphatic heterocycles. The van der Waals surface area contributed by atoms with Crippen LogP contribution in [0.4, 0.5) is 18.0 Å². The van der Waals surface area contributed by atoms with Crippen LogP contribution in [0.25, 0.3) is 0 Å². The monoisotopic (exact) mass is 390 g/mol. The van der Waals surface area contributed by atoms with Gasteiger partial charge in [-0.15, -0.1) is 0 Å². The van der Waals surface area contributed by atoms with Crippen molar-refractivity contribution in [3.05, 3.63) is 23.8 Å². The van der Waals surface area contributed by atoms with Crippen molar-refractivity contribution < 1.29 is 37.3 Å². The molecule has 10 heteroatoms. The quantitative estimate of drug-likeness (QED) is 0.807. The SMILES string of the molecule is COc1ccc(OC)c(C(C)NC(=O)N2C[C@@H](C(F)(F)F)[C@H](C(=O)O)C2)c1. The molecule has 3 atom stereocenters. The van der Waals surface area contributed by atoms with Crippen molar-refractivity contribution in [1.82, 2.24) is 10.2 Å². The predicted molar refractivity (Wildman–Crippen MR) is 88.7 cm³/mol. The lowest BCUT2D eigenvalue weighted by molar-refractivity contribution is -0.187. The Morgan fingerprint density at radius 1 is 1.26 bits per heavy atom. The van der Waals surface area contributed by atoms with Crippen LogP contribution in [0.3, 0.4) is 0 Å². The molecule has 150 valence electrons. The molecular formula is C17H21F3N2O5. The summed E-state index contributed by atoms with van der Waals surface area (Å²) in [7, 11) is 2.92. The number of halogens is 3. The standard InChI is InChI=1S/C17H21F3N2O5/c1-9(11-6-10(26-2)4-5-14(11)27-3)21-16(25)22-7-12(15(23)24)13(8-22)17(18,19)20/h4-6,9,12-13H,7-8H2,1-3H3,(H,21,25)(H,23,24)/t9?,12-,13-/m1/s1. The third-order valence-electron chi connectivity index (χ3n) is 4.59. The lowest BCUT2D eigenvalue weighted by atomic mass is 9.96. The average molecular weight is 390 g/mol. The van der Waals surface area contributed by atoms with Gasteiger partial charge in [0.1, 0.15) is 11.5 Å². The van der Waals surface area contributed by atoms with Gasteiger partial charge in [0.05, 0.1) is 32.1 Å². The van der Waals surface area contributed by atoms with Crippen LogP contribution in [-0.4, -0.2) is 55.5 Å². The third-order valence-corrected chi connectivity index (χ3v) is 4.59. The van der Waals surface area contributed by atoms with E-state index in [1.54, 1.807) is 25.1 Å². The van der Waals surface area contributed by atoms with Crippen LogP contribution in [0.2, 0.25) is 0 Å². The van der Waals surface area contributed by atoms with Gasteiger partial charge < -0.3 is 24.8 Å². The Morgan fingerprint density at radius 2 is 1.93 bits per heavy atom. The van der Waals surface area contributed by atoms with Gasteiger partial charge >= 0.3 is 18.2 Å². The minimum Gasteiger partial charge on any atom is -0.497 e.